The average molecular weight is 296 g/mol. The smallest absolute Gasteiger partial charge is 0.251 e. The molecule has 0 aliphatic heterocycles. The van der Waals surface area contributed by atoms with Gasteiger partial charge in [-0.05, 0) is 30.7 Å². The molecule has 2 aromatic carbocycles. The second-order valence-electron chi connectivity index (χ2n) is 5.08. The van der Waals surface area contributed by atoms with Gasteiger partial charge in [-0.3, -0.25) is 9.59 Å². The molecule has 4 heteroatoms. The molecule has 1 N–H and O–H groups in total. The molecule has 2 amide bonds. The Balaban J connectivity index is 1.98. The fraction of sp³-hybridized carbons (Fsp3) is 0.222. The summed E-state index contributed by atoms with van der Waals surface area (Å²) >= 11 is 0. The largest absolute Gasteiger partial charge is 0.350 e. The molecule has 0 aliphatic rings. The number of anilines is 1. The Hall–Kier alpha value is -2.62. The lowest BCUT2D eigenvalue weighted by atomic mass is 10.2. The monoisotopic (exact) mass is 296 g/mol. The summed E-state index contributed by atoms with van der Waals surface area (Å²) in [5.41, 5.74) is 2.53. The van der Waals surface area contributed by atoms with Gasteiger partial charge < -0.3 is 10.2 Å². The third kappa shape index (κ3) is 3.95. The summed E-state index contributed by atoms with van der Waals surface area (Å²) in [6, 6.07) is 16.8. The van der Waals surface area contributed by atoms with Gasteiger partial charge in [-0.1, -0.05) is 36.4 Å². The summed E-state index contributed by atoms with van der Waals surface area (Å²) in [6.07, 6.45) is 0. The van der Waals surface area contributed by atoms with Crippen LogP contribution in [0.15, 0.2) is 54.6 Å². The molecule has 0 aromatic heterocycles. The Kier molecular flexibility index (Phi) is 5.31. The van der Waals surface area contributed by atoms with Crippen molar-refractivity contribution < 1.29 is 9.59 Å². The Morgan fingerprint density at radius 1 is 1.00 bits per heavy atom. The van der Waals surface area contributed by atoms with E-state index in [-0.39, 0.29) is 11.8 Å². The number of hydrogen-bond acceptors (Lipinski definition) is 2. The van der Waals surface area contributed by atoms with E-state index in [4.69, 9.17) is 0 Å². The van der Waals surface area contributed by atoms with Crippen molar-refractivity contribution in [3.8, 4) is 0 Å². The molecule has 0 spiro atoms. The van der Waals surface area contributed by atoms with Gasteiger partial charge in [0.05, 0.1) is 0 Å². The molecule has 0 heterocycles. The van der Waals surface area contributed by atoms with Crippen LogP contribution in [-0.2, 0) is 4.79 Å². The number of rotatable bonds is 5. The molecule has 2 rings (SSSR count). The Bertz CT molecular complexity index is 653. The van der Waals surface area contributed by atoms with Crippen LogP contribution >= 0.6 is 0 Å². The highest BCUT2D eigenvalue weighted by molar-refractivity contribution is 5.94. The van der Waals surface area contributed by atoms with Crippen LogP contribution in [0.2, 0.25) is 0 Å². The highest BCUT2D eigenvalue weighted by atomic mass is 16.2. The predicted octanol–water partition coefficient (Wildman–Crippen LogP) is 2.78. The molecule has 0 fully saturated rings. The maximum Gasteiger partial charge on any atom is 0.251 e. The highest BCUT2D eigenvalue weighted by Crippen LogP contribution is 2.19. The summed E-state index contributed by atoms with van der Waals surface area (Å²) < 4.78 is 0. The molecule has 114 valence electrons. The lowest BCUT2D eigenvalue weighted by Gasteiger charge is -2.23. The molecule has 0 bridgehead atoms. The van der Waals surface area contributed by atoms with Gasteiger partial charge in [0, 0.05) is 31.3 Å². The second-order valence-corrected chi connectivity index (χ2v) is 5.08. The topological polar surface area (TPSA) is 49.4 Å². The van der Waals surface area contributed by atoms with Crippen molar-refractivity contribution in [2.24, 2.45) is 0 Å². The normalized spacial score (nSPS) is 10.1. The zero-order valence-corrected chi connectivity index (χ0v) is 12.9. The molecule has 0 atom stereocenters. The molecule has 0 saturated carbocycles. The summed E-state index contributed by atoms with van der Waals surface area (Å²) in [6.45, 7) is 4.35. The fourth-order valence-electron chi connectivity index (χ4n) is 2.29. The first-order valence-corrected chi connectivity index (χ1v) is 7.26. The van der Waals surface area contributed by atoms with Crippen LogP contribution < -0.4 is 10.2 Å². The third-order valence-electron chi connectivity index (χ3n) is 3.44. The number of carbonyl (C=O) groups excluding carboxylic acids is 2. The SMILES string of the molecule is CC(=O)N(CCNC(=O)c1ccccc1)c1ccccc1C. The number of carbonyl (C=O) groups is 2. The van der Waals surface area contributed by atoms with Gasteiger partial charge in [0.1, 0.15) is 0 Å². The van der Waals surface area contributed by atoms with Gasteiger partial charge in [-0.25, -0.2) is 0 Å². The Labute approximate surface area is 130 Å². The first kappa shape index (κ1) is 15.8. The lowest BCUT2D eigenvalue weighted by molar-refractivity contribution is -0.116. The van der Waals surface area contributed by atoms with Crippen LogP contribution in [0.5, 0.6) is 0 Å². The first-order valence-electron chi connectivity index (χ1n) is 7.26. The summed E-state index contributed by atoms with van der Waals surface area (Å²) in [4.78, 5) is 25.5. The van der Waals surface area contributed by atoms with Gasteiger partial charge in [0.15, 0.2) is 0 Å². The van der Waals surface area contributed by atoms with E-state index in [2.05, 4.69) is 5.32 Å². The van der Waals surface area contributed by atoms with E-state index in [1.54, 1.807) is 17.0 Å². The van der Waals surface area contributed by atoms with Gasteiger partial charge in [-0.15, -0.1) is 0 Å². The summed E-state index contributed by atoms with van der Waals surface area (Å²) in [7, 11) is 0. The number of para-hydroxylation sites is 1. The maximum absolute atomic E-state index is 12.0. The highest BCUT2D eigenvalue weighted by Gasteiger charge is 2.13. The van der Waals surface area contributed by atoms with E-state index in [1.807, 2.05) is 49.4 Å². The van der Waals surface area contributed by atoms with Crippen LogP contribution in [0.4, 0.5) is 5.69 Å². The maximum atomic E-state index is 12.0. The lowest BCUT2D eigenvalue weighted by Crippen LogP contribution is -2.37. The number of hydrogen-bond donors (Lipinski definition) is 1. The van der Waals surface area contributed by atoms with Crippen molar-refractivity contribution in [1.29, 1.82) is 0 Å². The quantitative estimate of drug-likeness (QED) is 0.922. The molecular formula is C18H20N2O2. The molecule has 0 aliphatic carbocycles. The number of nitrogens with zero attached hydrogens (tertiary/aromatic N) is 1. The minimum atomic E-state index is -0.131. The molecule has 0 radical (unpaired) electrons. The molecule has 0 unspecified atom stereocenters. The molecular weight excluding hydrogens is 276 g/mol. The molecule has 0 saturated heterocycles. The number of aryl methyl sites for hydroxylation is 1. The van der Waals surface area contributed by atoms with Gasteiger partial charge in [-0.2, -0.15) is 0 Å². The van der Waals surface area contributed by atoms with Crippen LogP contribution in [0.3, 0.4) is 0 Å². The zero-order valence-electron chi connectivity index (χ0n) is 12.9. The van der Waals surface area contributed by atoms with Crippen molar-refractivity contribution in [1.82, 2.24) is 5.32 Å². The van der Waals surface area contributed by atoms with E-state index in [9.17, 15) is 9.59 Å². The number of amides is 2. The van der Waals surface area contributed by atoms with Gasteiger partial charge in [0.2, 0.25) is 5.91 Å². The average Bonchev–Trinajstić information content (AvgIpc) is 2.53. The van der Waals surface area contributed by atoms with Crippen molar-refractivity contribution >= 4 is 17.5 Å². The van der Waals surface area contributed by atoms with E-state index in [1.165, 1.54) is 6.92 Å². The standard InChI is InChI=1S/C18H20N2O2/c1-14-8-6-7-11-17(14)20(15(2)21)13-12-19-18(22)16-9-4-3-5-10-16/h3-11H,12-13H2,1-2H3,(H,19,22). The second kappa shape index (κ2) is 7.41. The van der Waals surface area contributed by atoms with Crippen LogP contribution in [0, 0.1) is 6.92 Å². The van der Waals surface area contributed by atoms with Crippen molar-refractivity contribution in [2.75, 3.05) is 18.0 Å². The van der Waals surface area contributed by atoms with Gasteiger partial charge >= 0.3 is 0 Å². The van der Waals surface area contributed by atoms with Crippen LogP contribution in [-0.4, -0.2) is 24.9 Å². The number of nitrogens with one attached hydrogen (secondary N) is 1. The van der Waals surface area contributed by atoms with E-state index >= 15 is 0 Å². The number of benzene rings is 2. The van der Waals surface area contributed by atoms with Crippen molar-refractivity contribution in [2.45, 2.75) is 13.8 Å². The molecule has 22 heavy (non-hydrogen) atoms. The van der Waals surface area contributed by atoms with Crippen LogP contribution in [0.1, 0.15) is 22.8 Å². The Morgan fingerprint density at radius 2 is 1.64 bits per heavy atom. The van der Waals surface area contributed by atoms with Gasteiger partial charge in [0.25, 0.3) is 5.91 Å². The minimum Gasteiger partial charge on any atom is -0.350 e. The Morgan fingerprint density at radius 3 is 2.27 bits per heavy atom. The summed E-state index contributed by atoms with van der Waals surface area (Å²) in [5.74, 6) is -0.169. The molecule has 4 nitrogen and oxygen atoms in total. The zero-order chi connectivity index (χ0) is 15.9. The van der Waals surface area contributed by atoms with Crippen LogP contribution in [0.25, 0.3) is 0 Å². The molecule has 2 aromatic rings. The minimum absolute atomic E-state index is 0.0386. The van der Waals surface area contributed by atoms with E-state index in [0.717, 1.165) is 11.3 Å². The first-order chi connectivity index (χ1) is 10.6. The third-order valence-corrected chi connectivity index (χ3v) is 3.44. The summed E-state index contributed by atoms with van der Waals surface area (Å²) in [5, 5.41) is 2.84. The van der Waals surface area contributed by atoms with E-state index < -0.39 is 0 Å². The van der Waals surface area contributed by atoms with Crippen molar-refractivity contribution in [3.05, 3.63) is 65.7 Å². The predicted molar refractivity (Wildman–Crippen MR) is 88.0 cm³/mol. The van der Waals surface area contributed by atoms with E-state index in [0.29, 0.717) is 18.7 Å². The van der Waals surface area contributed by atoms with Crippen molar-refractivity contribution in [3.63, 3.8) is 0 Å². The fourth-order valence-corrected chi connectivity index (χ4v) is 2.29.